The molecular weight excluding hydrogens is 424 g/mol. The maximum atomic E-state index is 12.9. The van der Waals surface area contributed by atoms with E-state index in [4.69, 9.17) is 16.3 Å². The molecule has 0 amide bonds. The van der Waals surface area contributed by atoms with Gasteiger partial charge in [-0.1, -0.05) is 36.6 Å². The summed E-state index contributed by atoms with van der Waals surface area (Å²) in [6.45, 7) is -1.05. The molecule has 30 heavy (non-hydrogen) atoms. The molecule has 1 atom stereocenters. The molecule has 2 aromatic rings. The Kier molecular flexibility index (Phi) is 6.91. The van der Waals surface area contributed by atoms with Crippen LogP contribution >= 0.6 is 11.6 Å². The monoisotopic (exact) mass is 444 g/mol. The van der Waals surface area contributed by atoms with Gasteiger partial charge in [0.25, 0.3) is 0 Å². The van der Waals surface area contributed by atoms with E-state index in [1.807, 2.05) is 0 Å². The molecule has 1 saturated carbocycles. The van der Waals surface area contributed by atoms with Crippen molar-refractivity contribution < 1.29 is 32.2 Å². The molecule has 1 fully saturated rings. The summed E-state index contributed by atoms with van der Waals surface area (Å²) >= 11 is 6.36. The van der Waals surface area contributed by atoms with Gasteiger partial charge in [-0.3, -0.25) is 4.79 Å². The Morgan fingerprint density at radius 3 is 2.33 bits per heavy atom. The molecule has 2 aromatic carbocycles. The van der Waals surface area contributed by atoms with Crippen molar-refractivity contribution in [3.05, 3.63) is 52.5 Å². The van der Waals surface area contributed by atoms with Crippen molar-refractivity contribution >= 4 is 17.6 Å². The zero-order valence-corrected chi connectivity index (χ0v) is 16.8. The van der Waals surface area contributed by atoms with Crippen LogP contribution in [0, 0.1) is 5.92 Å². The van der Waals surface area contributed by atoms with E-state index in [2.05, 4.69) is 0 Å². The number of carboxylic acids is 1. The van der Waals surface area contributed by atoms with E-state index in [9.17, 15) is 27.5 Å². The van der Waals surface area contributed by atoms with Crippen molar-refractivity contribution in [3.63, 3.8) is 0 Å². The fourth-order valence-electron chi connectivity index (χ4n) is 4.04. The Morgan fingerprint density at radius 2 is 1.80 bits per heavy atom. The van der Waals surface area contributed by atoms with Crippen molar-refractivity contribution in [1.82, 2.24) is 0 Å². The number of aliphatic carboxylic acids is 1. The molecule has 0 spiro atoms. The van der Waals surface area contributed by atoms with Crippen LogP contribution in [0.25, 0.3) is 11.1 Å². The van der Waals surface area contributed by atoms with Crippen LogP contribution in [0.1, 0.15) is 42.7 Å². The molecule has 1 aliphatic rings. The molecule has 3 rings (SSSR count). The molecule has 1 aliphatic carbocycles. The average molecular weight is 445 g/mol. The lowest BCUT2D eigenvalue weighted by molar-refractivity contribution is -0.140. The summed E-state index contributed by atoms with van der Waals surface area (Å²) in [7, 11) is 0. The fourth-order valence-corrected chi connectivity index (χ4v) is 4.32. The Morgan fingerprint density at radius 1 is 1.17 bits per heavy atom. The topological polar surface area (TPSA) is 46.5 Å². The van der Waals surface area contributed by atoms with Crippen LogP contribution in [0.5, 0.6) is 5.75 Å². The lowest BCUT2D eigenvalue weighted by atomic mass is 9.83. The standard InChI is InChI=1S/C22H21ClF4O3/c23-18-12-15(19(21(28)29)14-3-1-2-4-14)11-17(20(18)30-10-9-24)13-5-7-16(8-6-13)22(25,26)27/h5-8,11-12,14,19H,1-4,9-10H2,(H,28,29). The second-order valence-electron chi connectivity index (χ2n) is 7.35. The minimum absolute atomic E-state index is 0.0448. The van der Waals surface area contributed by atoms with Crippen LogP contribution < -0.4 is 4.74 Å². The van der Waals surface area contributed by atoms with Crippen LogP contribution in [-0.4, -0.2) is 24.4 Å². The Labute approximate surface area is 176 Å². The van der Waals surface area contributed by atoms with Crippen molar-refractivity contribution in [2.75, 3.05) is 13.3 Å². The van der Waals surface area contributed by atoms with Crippen LogP contribution in [0.15, 0.2) is 36.4 Å². The van der Waals surface area contributed by atoms with E-state index >= 15 is 0 Å². The van der Waals surface area contributed by atoms with Gasteiger partial charge >= 0.3 is 12.1 Å². The largest absolute Gasteiger partial charge is 0.489 e. The lowest BCUT2D eigenvalue weighted by Gasteiger charge is -2.22. The van der Waals surface area contributed by atoms with Crippen molar-refractivity contribution in [3.8, 4) is 16.9 Å². The maximum absolute atomic E-state index is 12.9. The van der Waals surface area contributed by atoms with Crippen LogP contribution in [0.2, 0.25) is 5.02 Å². The minimum Gasteiger partial charge on any atom is -0.489 e. The fraction of sp³-hybridized carbons (Fsp3) is 0.409. The number of rotatable bonds is 7. The van der Waals surface area contributed by atoms with Gasteiger partial charge in [-0.05, 0) is 54.2 Å². The van der Waals surface area contributed by atoms with Gasteiger partial charge in [0, 0.05) is 5.56 Å². The molecule has 0 bridgehead atoms. The number of carboxylic acid groups (broad SMARTS) is 1. The third-order valence-corrected chi connectivity index (χ3v) is 5.69. The van der Waals surface area contributed by atoms with Gasteiger partial charge in [0.05, 0.1) is 16.5 Å². The molecule has 0 aromatic heterocycles. The molecule has 3 nitrogen and oxygen atoms in total. The summed E-state index contributed by atoms with van der Waals surface area (Å²) in [5, 5.41) is 9.92. The van der Waals surface area contributed by atoms with E-state index in [0.29, 0.717) is 16.7 Å². The van der Waals surface area contributed by atoms with Gasteiger partial charge in [-0.15, -0.1) is 0 Å². The van der Waals surface area contributed by atoms with E-state index in [1.54, 1.807) is 6.07 Å². The molecule has 1 N–H and O–H groups in total. The zero-order chi connectivity index (χ0) is 21.9. The summed E-state index contributed by atoms with van der Waals surface area (Å²) < 4.78 is 56.8. The van der Waals surface area contributed by atoms with E-state index in [1.165, 1.54) is 18.2 Å². The summed E-state index contributed by atoms with van der Waals surface area (Å²) in [4.78, 5) is 12.0. The van der Waals surface area contributed by atoms with E-state index in [0.717, 1.165) is 37.8 Å². The molecule has 162 valence electrons. The highest BCUT2D eigenvalue weighted by Crippen LogP contribution is 2.44. The maximum Gasteiger partial charge on any atom is 0.416 e. The van der Waals surface area contributed by atoms with Crippen LogP contribution in [-0.2, 0) is 11.0 Å². The summed E-state index contributed by atoms with van der Waals surface area (Å²) in [6, 6.07) is 7.48. The molecule has 0 saturated heterocycles. The Balaban J connectivity index is 2.09. The molecular formula is C22H21ClF4O3. The first-order valence-corrected chi connectivity index (χ1v) is 10.0. The average Bonchev–Trinajstić information content (AvgIpc) is 3.20. The Bertz CT molecular complexity index is 890. The molecule has 0 heterocycles. The quantitative estimate of drug-likeness (QED) is 0.481. The number of halogens is 5. The third-order valence-electron chi connectivity index (χ3n) is 5.41. The minimum atomic E-state index is -4.48. The first-order valence-electron chi connectivity index (χ1n) is 9.65. The first-order chi connectivity index (χ1) is 14.2. The predicted octanol–water partition coefficient (Wildman–Crippen LogP) is 6.73. The molecule has 0 radical (unpaired) electrons. The highest BCUT2D eigenvalue weighted by atomic mass is 35.5. The number of carbonyl (C=O) groups is 1. The number of hydrogen-bond acceptors (Lipinski definition) is 2. The number of ether oxygens (including phenoxy) is 1. The summed E-state index contributed by atoms with van der Waals surface area (Å²) in [6.07, 6.45) is -1.02. The second-order valence-corrected chi connectivity index (χ2v) is 7.76. The summed E-state index contributed by atoms with van der Waals surface area (Å²) in [5.74, 6) is -1.69. The summed E-state index contributed by atoms with van der Waals surface area (Å²) in [5.41, 5.74) is 0.357. The van der Waals surface area contributed by atoms with E-state index in [-0.39, 0.29) is 23.3 Å². The first kappa shape index (κ1) is 22.4. The van der Waals surface area contributed by atoms with Gasteiger partial charge in [-0.25, -0.2) is 4.39 Å². The van der Waals surface area contributed by atoms with Gasteiger partial charge in [0.2, 0.25) is 0 Å². The van der Waals surface area contributed by atoms with Crippen molar-refractivity contribution in [2.45, 2.75) is 37.8 Å². The van der Waals surface area contributed by atoms with Crippen molar-refractivity contribution in [2.24, 2.45) is 5.92 Å². The second kappa shape index (κ2) is 9.25. The van der Waals surface area contributed by atoms with Crippen LogP contribution in [0.3, 0.4) is 0 Å². The third kappa shape index (κ3) is 4.89. The molecule has 0 aliphatic heterocycles. The van der Waals surface area contributed by atoms with E-state index < -0.39 is 30.3 Å². The van der Waals surface area contributed by atoms with Gasteiger partial charge in [0.1, 0.15) is 19.0 Å². The van der Waals surface area contributed by atoms with Crippen LogP contribution in [0.4, 0.5) is 17.6 Å². The normalized spacial score (nSPS) is 15.9. The predicted molar refractivity (Wildman–Crippen MR) is 106 cm³/mol. The Hall–Kier alpha value is -2.28. The van der Waals surface area contributed by atoms with Crippen molar-refractivity contribution in [1.29, 1.82) is 0 Å². The highest BCUT2D eigenvalue weighted by molar-refractivity contribution is 6.32. The van der Waals surface area contributed by atoms with Gasteiger partial charge < -0.3 is 9.84 Å². The van der Waals surface area contributed by atoms with Gasteiger partial charge in [-0.2, -0.15) is 13.2 Å². The lowest BCUT2D eigenvalue weighted by Crippen LogP contribution is -2.20. The number of hydrogen-bond donors (Lipinski definition) is 1. The van der Waals surface area contributed by atoms with Gasteiger partial charge in [0.15, 0.2) is 0 Å². The zero-order valence-electron chi connectivity index (χ0n) is 16.0. The highest BCUT2D eigenvalue weighted by Gasteiger charge is 2.33. The smallest absolute Gasteiger partial charge is 0.416 e. The number of alkyl halides is 4. The number of benzene rings is 2. The molecule has 8 heteroatoms. The SMILES string of the molecule is O=C(O)C(c1cc(Cl)c(OCCF)c(-c2ccc(C(F)(F)F)cc2)c1)C1CCCC1. The molecule has 1 unspecified atom stereocenters.